The van der Waals surface area contributed by atoms with Crippen LogP contribution in [0.25, 0.3) is 0 Å². The maximum Gasteiger partial charge on any atom is 0.405 e. The first-order valence-corrected chi connectivity index (χ1v) is 6.01. The highest BCUT2D eigenvalue weighted by atomic mass is 16.4. The van der Waals surface area contributed by atoms with E-state index >= 15 is 0 Å². The first-order valence-electron chi connectivity index (χ1n) is 6.01. The Hall–Kier alpha value is -2.42. The van der Waals surface area contributed by atoms with E-state index < -0.39 is 12.1 Å². The van der Waals surface area contributed by atoms with Gasteiger partial charge in [-0.05, 0) is 13.0 Å². The lowest BCUT2D eigenvalue weighted by Gasteiger charge is -2.21. The van der Waals surface area contributed by atoms with Crippen molar-refractivity contribution in [3.63, 3.8) is 0 Å². The van der Waals surface area contributed by atoms with Gasteiger partial charge in [-0.1, -0.05) is 5.92 Å². The quantitative estimate of drug-likeness (QED) is 0.595. The number of nitrogens with one attached hydrogen (secondary N) is 3. The number of aromatic amines is 1. The van der Waals surface area contributed by atoms with Crippen LogP contribution in [0.4, 0.5) is 4.79 Å². The molecule has 0 saturated heterocycles. The van der Waals surface area contributed by atoms with Crippen molar-refractivity contribution in [1.82, 2.24) is 15.6 Å². The Balaban J connectivity index is 1.99. The molecule has 2 rings (SSSR count). The van der Waals surface area contributed by atoms with E-state index in [1.807, 2.05) is 0 Å². The summed E-state index contributed by atoms with van der Waals surface area (Å²) in [6.45, 7) is 2.23. The zero-order chi connectivity index (χ0) is 13.8. The lowest BCUT2D eigenvalue weighted by Crippen LogP contribution is -2.34. The first-order chi connectivity index (χ1) is 9.08. The van der Waals surface area contributed by atoms with Gasteiger partial charge in [-0.2, -0.15) is 0 Å². The SMILES string of the molecule is C[C@H](C#CC[C@H]1CNC(=O)c2cc[nH]c21)NC(=O)O. The Morgan fingerprint density at radius 3 is 3.21 bits per heavy atom. The second-order valence-corrected chi connectivity index (χ2v) is 4.41. The normalized spacial score (nSPS) is 18.6. The van der Waals surface area contributed by atoms with Crippen LogP contribution in [0, 0.1) is 11.8 Å². The summed E-state index contributed by atoms with van der Waals surface area (Å²) in [7, 11) is 0. The van der Waals surface area contributed by atoms with Gasteiger partial charge < -0.3 is 20.7 Å². The molecular formula is C13H15N3O3. The lowest BCUT2D eigenvalue weighted by atomic mass is 9.94. The minimum absolute atomic E-state index is 0.0682. The number of amides is 2. The van der Waals surface area contributed by atoms with Crippen LogP contribution in [0.15, 0.2) is 12.3 Å². The third-order valence-electron chi connectivity index (χ3n) is 2.95. The summed E-state index contributed by atoms with van der Waals surface area (Å²) in [5.74, 6) is 5.84. The average Bonchev–Trinajstić information content (AvgIpc) is 2.81. The summed E-state index contributed by atoms with van der Waals surface area (Å²) >= 11 is 0. The maximum atomic E-state index is 11.6. The maximum absolute atomic E-state index is 11.6. The lowest BCUT2D eigenvalue weighted by molar-refractivity contribution is 0.0940. The molecule has 0 bridgehead atoms. The van der Waals surface area contributed by atoms with Crippen LogP contribution in [0.1, 0.15) is 35.3 Å². The second kappa shape index (κ2) is 5.48. The molecule has 1 aliphatic heterocycles. The Labute approximate surface area is 110 Å². The second-order valence-electron chi connectivity index (χ2n) is 4.41. The smallest absolute Gasteiger partial charge is 0.405 e. The highest BCUT2D eigenvalue weighted by Crippen LogP contribution is 2.24. The van der Waals surface area contributed by atoms with Gasteiger partial charge in [0.25, 0.3) is 5.91 Å². The first kappa shape index (κ1) is 13.0. The molecule has 0 aromatic carbocycles. The molecule has 2 heterocycles. The van der Waals surface area contributed by atoms with Crippen molar-refractivity contribution in [2.24, 2.45) is 0 Å². The molecule has 0 radical (unpaired) electrons. The van der Waals surface area contributed by atoms with Crippen molar-refractivity contribution in [3.05, 3.63) is 23.5 Å². The summed E-state index contributed by atoms with van der Waals surface area (Å²) < 4.78 is 0. The monoisotopic (exact) mass is 261 g/mol. The van der Waals surface area contributed by atoms with E-state index in [1.54, 1.807) is 19.2 Å². The zero-order valence-electron chi connectivity index (χ0n) is 10.5. The summed E-state index contributed by atoms with van der Waals surface area (Å²) in [6.07, 6.45) is 1.22. The molecule has 19 heavy (non-hydrogen) atoms. The number of rotatable bonds is 2. The molecule has 1 aromatic heterocycles. The largest absolute Gasteiger partial charge is 0.465 e. The Morgan fingerprint density at radius 2 is 2.47 bits per heavy atom. The molecule has 0 aliphatic carbocycles. The molecule has 0 saturated carbocycles. The molecule has 0 fully saturated rings. The van der Waals surface area contributed by atoms with Crippen LogP contribution in [0.3, 0.4) is 0 Å². The van der Waals surface area contributed by atoms with Gasteiger partial charge in [-0.3, -0.25) is 4.79 Å². The van der Waals surface area contributed by atoms with E-state index in [4.69, 9.17) is 5.11 Å². The number of carboxylic acid groups (broad SMARTS) is 1. The van der Waals surface area contributed by atoms with Gasteiger partial charge >= 0.3 is 6.09 Å². The molecule has 100 valence electrons. The fraction of sp³-hybridized carbons (Fsp3) is 0.385. The minimum atomic E-state index is -1.08. The minimum Gasteiger partial charge on any atom is -0.465 e. The summed E-state index contributed by atoms with van der Waals surface area (Å²) in [5.41, 5.74) is 1.56. The van der Waals surface area contributed by atoms with E-state index in [9.17, 15) is 9.59 Å². The summed E-state index contributed by atoms with van der Waals surface area (Å²) in [6, 6.07) is 1.34. The van der Waals surface area contributed by atoms with Gasteiger partial charge in [0.15, 0.2) is 0 Å². The van der Waals surface area contributed by atoms with Crippen molar-refractivity contribution in [1.29, 1.82) is 0 Å². The number of hydrogen-bond donors (Lipinski definition) is 4. The van der Waals surface area contributed by atoms with Crippen molar-refractivity contribution in [2.75, 3.05) is 6.54 Å². The Bertz CT molecular complexity index is 553. The molecular weight excluding hydrogens is 246 g/mol. The molecule has 2 atom stereocenters. The van der Waals surface area contributed by atoms with E-state index in [-0.39, 0.29) is 11.8 Å². The number of hydrogen-bond acceptors (Lipinski definition) is 2. The van der Waals surface area contributed by atoms with Crippen LogP contribution in [-0.2, 0) is 0 Å². The van der Waals surface area contributed by atoms with E-state index in [0.29, 0.717) is 18.5 Å². The van der Waals surface area contributed by atoms with Crippen molar-refractivity contribution >= 4 is 12.0 Å². The van der Waals surface area contributed by atoms with Crippen LogP contribution in [0.5, 0.6) is 0 Å². The average molecular weight is 261 g/mol. The fourth-order valence-corrected chi connectivity index (χ4v) is 2.06. The summed E-state index contributed by atoms with van der Waals surface area (Å²) in [5, 5.41) is 13.6. The standard InChI is InChI=1S/C13H15N3O3/c1-8(16-13(18)19)3-2-4-9-7-15-12(17)10-5-6-14-11(9)10/h5-6,8-9,14,16H,4,7H2,1H3,(H,15,17)(H,18,19)/t8-,9+/m1/s1. The van der Waals surface area contributed by atoms with E-state index in [2.05, 4.69) is 27.5 Å². The van der Waals surface area contributed by atoms with Crippen molar-refractivity contribution in [2.45, 2.75) is 25.3 Å². The number of carbonyl (C=O) groups is 2. The third kappa shape index (κ3) is 3.07. The van der Waals surface area contributed by atoms with Crippen LogP contribution in [-0.4, -0.2) is 34.7 Å². The highest BCUT2D eigenvalue weighted by molar-refractivity contribution is 5.96. The number of carbonyl (C=O) groups excluding carboxylic acids is 1. The molecule has 1 aliphatic rings. The zero-order valence-corrected chi connectivity index (χ0v) is 10.5. The topological polar surface area (TPSA) is 94.2 Å². The van der Waals surface area contributed by atoms with Gasteiger partial charge in [-0.15, -0.1) is 5.92 Å². The van der Waals surface area contributed by atoms with E-state index in [1.165, 1.54) is 0 Å². The molecule has 0 unspecified atom stereocenters. The van der Waals surface area contributed by atoms with Gasteiger partial charge in [0.1, 0.15) is 0 Å². The van der Waals surface area contributed by atoms with Gasteiger partial charge in [0.05, 0.1) is 11.6 Å². The van der Waals surface area contributed by atoms with Gasteiger partial charge in [0.2, 0.25) is 0 Å². The van der Waals surface area contributed by atoms with Crippen molar-refractivity contribution < 1.29 is 14.7 Å². The number of fused-ring (bicyclic) bond motifs is 1. The predicted molar refractivity (Wildman–Crippen MR) is 68.9 cm³/mol. The Kier molecular flexibility index (Phi) is 3.76. The fourth-order valence-electron chi connectivity index (χ4n) is 2.06. The molecule has 6 heteroatoms. The van der Waals surface area contributed by atoms with Gasteiger partial charge in [0, 0.05) is 30.8 Å². The molecule has 0 spiro atoms. The van der Waals surface area contributed by atoms with Crippen LogP contribution >= 0.6 is 0 Å². The predicted octanol–water partition coefficient (Wildman–Crippen LogP) is 0.891. The van der Waals surface area contributed by atoms with E-state index in [0.717, 1.165) is 5.69 Å². The Morgan fingerprint density at radius 1 is 1.68 bits per heavy atom. The molecule has 2 amide bonds. The molecule has 1 aromatic rings. The number of aromatic nitrogens is 1. The highest BCUT2D eigenvalue weighted by Gasteiger charge is 2.25. The van der Waals surface area contributed by atoms with Crippen molar-refractivity contribution in [3.8, 4) is 11.8 Å². The van der Waals surface area contributed by atoms with Crippen LogP contribution in [0.2, 0.25) is 0 Å². The molecule has 4 N–H and O–H groups in total. The van der Waals surface area contributed by atoms with Gasteiger partial charge in [-0.25, -0.2) is 4.79 Å². The third-order valence-corrected chi connectivity index (χ3v) is 2.95. The molecule has 6 nitrogen and oxygen atoms in total. The van der Waals surface area contributed by atoms with Crippen LogP contribution < -0.4 is 10.6 Å². The summed E-state index contributed by atoms with van der Waals surface area (Å²) in [4.78, 5) is 25.0. The number of H-pyrrole nitrogens is 1.